The molecule has 0 aliphatic carbocycles. The summed E-state index contributed by atoms with van der Waals surface area (Å²) < 4.78 is 8.77. The number of hydrogen-bond donors (Lipinski definition) is 1. The number of aliphatic hydroxyl groups excluding tert-OH is 1. The molecule has 0 radical (unpaired) electrons. The summed E-state index contributed by atoms with van der Waals surface area (Å²) in [5, 5.41) is 14.5. The van der Waals surface area contributed by atoms with Crippen molar-refractivity contribution < 1.29 is 9.84 Å². The molecule has 1 unspecified atom stereocenters. The quantitative estimate of drug-likeness (QED) is 0.886. The van der Waals surface area contributed by atoms with E-state index < -0.39 is 6.10 Å². The number of rotatable bonds is 2. The van der Waals surface area contributed by atoms with Gasteiger partial charge >= 0.3 is 0 Å². The average molecular weight is 368 g/mol. The van der Waals surface area contributed by atoms with Gasteiger partial charge in [0, 0.05) is 48.4 Å². The van der Waals surface area contributed by atoms with Gasteiger partial charge in [0.1, 0.15) is 11.7 Å². The summed E-state index contributed by atoms with van der Waals surface area (Å²) in [5.41, 5.74) is 1.90. The van der Waals surface area contributed by atoms with Gasteiger partial charge in [-0.05, 0) is 25.8 Å². The first-order valence-electron chi connectivity index (χ1n) is 8.30. The zero-order chi connectivity index (χ0) is 16.9. The van der Waals surface area contributed by atoms with Crippen LogP contribution >= 0.6 is 22.9 Å². The van der Waals surface area contributed by atoms with Gasteiger partial charge < -0.3 is 9.84 Å². The lowest BCUT2D eigenvalue weighted by Crippen LogP contribution is -2.50. The number of halogens is 1. The van der Waals surface area contributed by atoms with E-state index in [0.717, 1.165) is 40.7 Å². The van der Waals surface area contributed by atoms with Crippen molar-refractivity contribution in [3.05, 3.63) is 38.8 Å². The zero-order valence-corrected chi connectivity index (χ0v) is 15.5. The Labute approximate surface area is 150 Å². The maximum Gasteiger partial charge on any atom is 0.105 e. The van der Waals surface area contributed by atoms with Gasteiger partial charge in [-0.1, -0.05) is 11.6 Å². The van der Waals surface area contributed by atoms with Crippen molar-refractivity contribution in [1.82, 2.24) is 14.7 Å². The smallest absolute Gasteiger partial charge is 0.105 e. The predicted molar refractivity (Wildman–Crippen MR) is 94.2 cm³/mol. The Bertz CT molecular complexity index is 746. The Balaban J connectivity index is 1.55. The molecule has 4 rings (SSSR count). The van der Waals surface area contributed by atoms with Crippen LogP contribution in [0.4, 0.5) is 0 Å². The maximum atomic E-state index is 10.2. The Kier molecular flexibility index (Phi) is 4.21. The predicted octanol–water partition coefficient (Wildman–Crippen LogP) is 3.08. The van der Waals surface area contributed by atoms with Gasteiger partial charge in [-0.15, -0.1) is 11.3 Å². The molecular formula is C17H22ClN3O2S. The van der Waals surface area contributed by atoms with Gasteiger partial charge in [0.15, 0.2) is 0 Å². The summed E-state index contributed by atoms with van der Waals surface area (Å²) in [6.07, 6.45) is 5.29. The monoisotopic (exact) mass is 367 g/mol. The Morgan fingerprint density at radius 1 is 1.54 bits per heavy atom. The highest BCUT2D eigenvalue weighted by Crippen LogP contribution is 2.50. The van der Waals surface area contributed by atoms with Crippen molar-refractivity contribution in [2.75, 3.05) is 13.2 Å². The number of thiophene rings is 1. The first-order chi connectivity index (χ1) is 11.5. The van der Waals surface area contributed by atoms with Crippen LogP contribution < -0.4 is 0 Å². The van der Waals surface area contributed by atoms with Gasteiger partial charge in [0.2, 0.25) is 0 Å². The molecule has 0 saturated carbocycles. The molecule has 24 heavy (non-hydrogen) atoms. The number of aromatic nitrogens is 2. The number of nitrogens with zero attached hydrogens (tertiary/aromatic N) is 3. The second kappa shape index (κ2) is 6.11. The van der Waals surface area contributed by atoms with E-state index in [4.69, 9.17) is 16.3 Å². The second-order valence-electron chi connectivity index (χ2n) is 6.95. The van der Waals surface area contributed by atoms with E-state index in [1.165, 1.54) is 5.56 Å². The molecule has 1 spiro atoms. The van der Waals surface area contributed by atoms with Crippen molar-refractivity contribution in [2.45, 2.75) is 44.1 Å². The highest BCUT2D eigenvalue weighted by atomic mass is 35.5. The van der Waals surface area contributed by atoms with Crippen LogP contribution in [-0.2, 0) is 23.9 Å². The molecule has 2 aromatic rings. The van der Waals surface area contributed by atoms with E-state index in [-0.39, 0.29) is 5.60 Å². The van der Waals surface area contributed by atoms with E-state index in [2.05, 4.69) is 23.1 Å². The molecule has 2 aromatic heterocycles. The summed E-state index contributed by atoms with van der Waals surface area (Å²) in [5.74, 6) is 0. The fraction of sp³-hybridized carbons (Fsp3) is 0.588. The van der Waals surface area contributed by atoms with E-state index >= 15 is 0 Å². The van der Waals surface area contributed by atoms with Crippen molar-refractivity contribution >= 4 is 22.9 Å². The molecule has 1 saturated heterocycles. The van der Waals surface area contributed by atoms with E-state index in [9.17, 15) is 5.11 Å². The topological polar surface area (TPSA) is 50.5 Å². The number of likely N-dealkylation sites (tertiary alicyclic amines) is 1. The standard InChI is InChI=1S/C17H22ClN3O2S/c1-11-6-17(3-4-21(11)9-12-7-19-20(2)8-12)16-13(5-15(18)24-16)14(22)10-23-17/h5,7-8,11,14,22H,3-4,6,9-10H2,1-2H3/t11-,14?,17+/m0/s1. The minimum atomic E-state index is -0.557. The molecule has 3 atom stereocenters. The fourth-order valence-electron chi connectivity index (χ4n) is 3.98. The molecule has 1 N–H and O–H groups in total. The van der Waals surface area contributed by atoms with E-state index in [0.29, 0.717) is 12.6 Å². The van der Waals surface area contributed by atoms with Gasteiger partial charge in [0.25, 0.3) is 0 Å². The number of hydrogen-bond acceptors (Lipinski definition) is 5. The maximum absolute atomic E-state index is 10.2. The summed E-state index contributed by atoms with van der Waals surface area (Å²) in [4.78, 5) is 3.60. The van der Waals surface area contributed by atoms with Gasteiger partial charge in [-0.25, -0.2) is 0 Å². The number of fused-ring (bicyclic) bond motifs is 2. The summed E-state index contributed by atoms with van der Waals surface area (Å²) in [6.45, 7) is 4.48. The number of piperidine rings is 1. The summed E-state index contributed by atoms with van der Waals surface area (Å²) >= 11 is 7.78. The molecule has 130 valence electrons. The molecule has 0 bridgehead atoms. The lowest BCUT2D eigenvalue weighted by atomic mass is 9.81. The van der Waals surface area contributed by atoms with Crippen LogP contribution in [0.5, 0.6) is 0 Å². The third-order valence-electron chi connectivity index (χ3n) is 5.22. The van der Waals surface area contributed by atoms with Crippen LogP contribution in [0, 0.1) is 0 Å². The number of ether oxygens (including phenoxy) is 1. The highest BCUT2D eigenvalue weighted by Gasteiger charge is 2.46. The first-order valence-corrected chi connectivity index (χ1v) is 9.49. The minimum absolute atomic E-state index is 0.294. The second-order valence-corrected chi connectivity index (χ2v) is 8.64. The number of aryl methyl sites for hydroxylation is 1. The van der Waals surface area contributed by atoms with Gasteiger partial charge in [0.05, 0.1) is 17.1 Å². The normalized spacial score (nSPS) is 30.7. The SMILES string of the molecule is C[C@H]1C[C@@]2(CCN1Cc1cnn(C)c1)OCC(O)c1cc(Cl)sc12. The summed E-state index contributed by atoms with van der Waals surface area (Å²) in [6, 6.07) is 2.30. The Hall–Kier alpha value is -0.920. The lowest BCUT2D eigenvalue weighted by Gasteiger charge is -2.47. The largest absolute Gasteiger partial charge is 0.386 e. The molecular weight excluding hydrogens is 346 g/mol. The van der Waals surface area contributed by atoms with Crippen molar-refractivity contribution in [2.24, 2.45) is 7.05 Å². The Morgan fingerprint density at radius 3 is 3.08 bits per heavy atom. The third kappa shape index (κ3) is 2.80. The van der Waals surface area contributed by atoms with Crippen LogP contribution in [-0.4, -0.2) is 39.0 Å². The highest BCUT2D eigenvalue weighted by molar-refractivity contribution is 7.16. The fourth-order valence-corrected chi connectivity index (χ4v) is 5.46. The molecule has 7 heteroatoms. The van der Waals surface area contributed by atoms with Crippen molar-refractivity contribution in [3.8, 4) is 0 Å². The molecule has 0 amide bonds. The van der Waals surface area contributed by atoms with Crippen LogP contribution in [0.15, 0.2) is 18.5 Å². The van der Waals surface area contributed by atoms with Crippen LogP contribution in [0.25, 0.3) is 0 Å². The molecule has 4 heterocycles. The van der Waals surface area contributed by atoms with Crippen LogP contribution in [0.1, 0.15) is 41.9 Å². The first kappa shape index (κ1) is 16.5. The van der Waals surface area contributed by atoms with Gasteiger partial charge in [-0.3, -0.25) is 9.58 Å². The Morgan fingerprint density at radius 2 is 2.38 bits per heavy atom. The van der Waals surface area contributed by atoms with Crippen molar-refractivity contribution in [1.29, 1.82) is 0 Å². The van der Waals surface area contributed by atoms with Gasteiger partial charge in [-0.2, -0.15) is 5.10 Å². The molecule has 5 nitrogen and oxygen atoms in total. The zero-order valence-electron chi connectivity index (χ0n) is 13.9. The molecule has 2 aliphatic rings. The minimum Gasteiger partial charge on any atom is -0.386 e. The lowest BCUT2D eigenvalue weighted by molar-refractivity contribution is -0.139. The van der Waals surface area contributed by atoms with Crippen molar-refractivity contribution in [3.63, 3.8) is 0 Å². The van der Waals surface area contributed by atoms with Crippen LogP contribution in [0.2, 0.25) is 4.34 Å². The molecule has 2 aliphatic heterocycles. The number of aliphatic hydroxyl groups is 1. The summed E-state index contributed by atoms with van der Waals surface area (Å²) in [7, 11) is 1.95. The third-order valence-corrected chi connectivity index (χ3v) is 6.68. The average Bonchev–Trinajstić information content (AvgIpc) is 3.13. The van der Waals surface area contributed by atoms with Crippen LogP contribution in [0.3, 0.4) is 0 Å². The van der Waals surface area contributed by atoms with E-state index in [1.807, 2.05) is 24.0 Å². The molecule has 0 aromatic carbocycles. The molecule has 1 fully saturated rings. The van der Waals surface area contributed by atoms with E-state index in [1.54, 1.807) is 11.3 Å².